The van der Waals surface area contributed by atoms with Gasteiger partial charge in [0.1, 0.15) is 16.8 Å². The number of phenols is 1. The van der Waals surface area contributed by atoms with Gasteiger partial charge in [-0.1, -0.05) is 12.1 Å². The van der Waals surface area contributed by atoms with Crippen molar-refractivity contribution in [2.75, 3.05) is 4.72 Å². The van der Waals surface area contributed by atoms with E-state index in [1.165, 1.54) is 30.6 Å². The molecule has 2 heterocycles. The summed E-state index contributed by atoms with van der Waals surface area (Å²) in [5, 5.41) is 20.0. The molecule has 0 aliphatic carbocycles. The highest BCUT2D eigenvalue weighted by Crippen LogP contribution is 2.37. The number of hydrogen-bond acceptors (Lipinski definition) is 6. The largest absolute Gasteiger partial charge is 0.505 e. The Morgan fingerprint density at radius 2 is 1.84 bits per heavy atom. The second-order valence-corrected chi connectivity index (χ2v) is 9.57. The van der Waals surface area contributed by atoms with E-state index in [0.29, 0.717) is 16.1 Å². The first-order chi connectivity index (χ1) is 15.3. The minimum atomic E-state index is -3.83. The smallest absolute Gasteiger partial charge is 0.263 e. The fourth-order valence-corrected chi connectivity index (χ4v) is 5.07. The van der Waals surface area contributed by atoms with Crippen molar-refractivity contribution in [2.45, 2.75) is 11.0 Å². The molecular weight excluding hydrogens is 458 g/mol. The van der Waals surface area contributed by atoms with Crippen LogP contribution >= 0.6 is 11.3 Å². The monoisotopic (exact) mass is 474 g/mol. The zero-order valence-corrected chi connectivity index (χ0v) is 17.9. The van der Waals surface area contributed by atoms with Gasteiger partial charge in [-0.3, -0.25) is 9.71 Å². The molecule has 0 bridgehead atoms. The van der Waals surface area contributed by atoms with E-state index in [-0.39, 0.29) is 9.77 Å². The summed E-state index contributed by atoms with van der Waals surface area (Å²) in [5.74, 6) is -2.96. The maximum absolute atomic E-state index is 14.2. The fraction of sp³-hybridized carbons (Fsp3) is 0.0455. The van der Waals surface area contributed by atoms with Gasteiger partial charge in [0.05, 0.1) is 5.56 Å². The van der Waals surface area contributed by atoms with Crippen LogP contribution in [0.3, 0.4) is 0 Å². The Morgan fingerprint density at radius 3 is 2.59 bits per heavy atom. The standard InChI is InChI=1S/C22H16F2N2O4S2/c23-16-6-7-17(27)21(24)20(16)22(28)19-9-8-18(31-19)13-3-1-4-14(11-13)26-32(29,30)15-5-2-10-25-12-15/h1-12,22,26-28H. The Morgan fingerprint density at radius 1 is 1.03 bits per heavy atom. The number of aromatic nitrogens is 1. The van der Waals surface area contributed by atoms with E-state index in [1.807, 2.05) is 0 Å². The van der Waals surface area contributed by atoms with Gasteiger partial charge in [-0.05, 0) is 54.1 Å². The Kier molecular flexibility index (Phi) is 5.92. The highest BCUT2D eigenvalue weighted by Gasteiger charge is 2.24. The number of aliphatic hydroxyl groups excluding tert-OH is 1. The number of aromatic hydroxyl groups is 1. The molecule has 4 aromatic rings. The van der Waals surface area contributed by atoms with E-state index in [2.05, 4.69) is 9.71 Å². The van der Waals surface area contributed by atoms with Crippen LogP contribution in [0.1, 0.15) is 16.5 Å². The van der Waals surface area contributed by atoms with E-state index in [1.54, 1.807) is 30.3 Å². The lowest BCUT2D eigenvalue weighted by Crippen LogP contribution is -2.13. The topological polar surface area (TPSA) is 99.5 Å². The maximum Gasteiger partial charge on any atom is 0.263 e. The molecule has 1 atom stereocenters. The Hall–Kier alpha value is -3.34. The summed E-state index contributed by atoms with van der Waals surface area (Å²) in [6.45, 7) is 0. The molecule has 0 saturated heterocycles. The van der Waals surface area contributed by atoms with Crippen LogP contribution in [-0.4, -0.2) is 23.6 Å². The average molecular weight is 475 g/mol. The van der Waals surface area contributed by atoms with Crippen molar-refractivity contribution in [3.8, 4) is 16.2 Å². The minimum Gasteiger partial charge on any atom is -0.505 e. The van der Waals surface area contributed by atoms with Crippen LogP contribution in [0.2, 0.25) is 0 Å². The number of phenolic OH excluding ortho intramolecular Hbond substituents is 1. The SMILES string of the molecule is O=S(=O)(Nc1cccc(-c2ccc(C(O)c3c(F)ccc(O)c3F)s2)c1)c1cccnc1. The highest BCUT2D eigenvalue weighted by molar-refractivity contribution is 7.92. The van der Waals surface area contributed by atoms with Crippen LogP contribution < -0.4 is 4.72 Å². The molecule has 6 nitrogen and oxygen atoms in total. The van der Waals surface area contributed by atoms with Gasteiger partial charge < -0.3 is 10.2 Å². The number of benzene rings is 2. The Balaban J connectivity index is 1.61. The third-order valence-corrected chi connectivity index (χ3v) is 7.17. The van der Waals surface area contributed by atoms with Crippen molar-refractivity contribution in [1.29, 1.82) is 0 Å². The number of rotatable bonds is 6. The van der Waals surface area contributed by atoms with Crippen molar-refractivity contribution in [3.63, 3.8) is 0 Å². The quantitative estimate of drug-likeness (QED) is 0.377. The van der Waals surface area contributed by atoms with Crippen LogP contribution in [0.25, 0.3) is 10.4 Å². The third kappa shape index (κ3) is 4.33. The van der Waals surface area contributed by atoms with Crippen molar-refractivity contribution in [2.24, 2.45) is 0 Å². The number of thiophene rings is 1. The van der Waals surface area contributed by atoms with E-state index >= 15 is 0 Å². The van der Waals surface area contributed by atoms with Crippen LogP contribution in [0.4, 0.5) is 14.5 Å². The van der Waals surface area contributed by atoms with Crippen molar-refractivity contribution >= 4 is 27.0 Å². The third-order valence-electron chi connectivity index (χ3n) is 4.62. The number of nitrogens with one attached hydrogen (secondary N) is 1. The zero-order chi connectivity index (χ0) is 22.9. The molecule has 0 aliphatic heterocycles. The number of hydrogen-bond donors (Lipinski definition) is 3. The summed E-state index contributed by atoms with van der Waals surface area (Å²) in [7, 11) is -3.83. The Labute approximate surface area is 186 Å². The lowest BCUT2D eigenvalue weighted by Gasteiger charge is -2.12. The molecule has 164 valence electrons. The van der Waals surface area contributed by atoms with Crippen molar-refractivity contribution in [3.05, 3.63) is 95.1 Å². The molecule has 0 spiro atoms. The molecule has 2 aromatic carbocycles. The molecule has 2 aromatic heterocycles. The second kappa shape index (κ2) is 8.65. The molecule has 4 rings (SSSR count). The molecule has 0 aliphatic rings. The number of halogens is 2. The number of pyridine rings is 1. The molecule has 0 saturated carbocycles. The van der Waals surface area contributed by atoms with Gasteiger partial charge in [-0.25, -0.2) is 17.2 Å². The number of anilines is 1. The molecule has 1 unspecified atom stereocenters. The van der Waals surface area contributed by atoms with Crippen LogP contribution in [0.15, 0.2) is 78.0 Å². The van der Waals surface area contributed by atoms with Gasteiger partial charge in [0, 0.05) is 27.8 Å². The van der Waals surface area contributed by atoms with Gasteiger partial charge in [-0.2, -0.15) is 0 Å². The number of sulfonamides is 1. The van der Waals surface area contributed by atoms with E-state index in [4.69, 9.17) is 0 Å². The van der Waals surface area contributed by atoms with Gasteiger partial charge in [0.25, 0.3) is 10.0 Å². The minimum absolute atomic E-state index is 0.0158. The molecular formula is C22H16F2N2O4S2. The molecule has 0 amide bonds. The van der Waals surface area contributed by atoms with Crippen LogP contribution in [0, 0.1) is 11.6 Å². The molecule has 0 radical (unpaired) electrons. The highest BCUT2D eigenvalue weighted by atomic mass is 32.2. The second-order valence-electron chi connectivity index (χ2n) is 6.77. The van der Waals surface area contributed by atoms with E-state index in [9.17, 15) is 27.4 Å². The lowest BCUT2D eigenvalue weighted by molar-refractivity contribution is 0.211. The van der Waals surface area contributed by atoms with Gasteiger partial charge in [-0.15, -0.1) is 11.3 Å². The average Bonchev–Trinajstić information content (AvgIpc) is 3.27. The Bertz CT molecular complexity index is 1380. The summed E-state index contributed by atoms with van der Waals surface area (Å²) < 4.78 is 55.8. The first-order valence-corrected chi connectivity index (χ1v) is 11.5. The van der Waals surface area contributed by atoms with Crippen LogP contribution in [-0.2, 0) is 10.0 Å². The predicted octanol–water partition coefficient (Wildman–Crippen LogP) is 4.68. The maximum atomic E-state index is 14.2. The van der Waals surface area contributed by atoms with Gasteiger partial charge >= 0.3 is 0 Å². The van der Waals surface area contributed by atoms with Crippen LogP contribution in [0.5, 0.6) is 5.75 Å². The summed E-state index contributed by atoms with van der Waals surface area (Å²) >= 11 is 1.08. The van der Waals surface area contributed by atoms with E-state index < -0.39 is 39.1 Å². The fourth-order valence-electron chi connectivity index (χ4n) is 3.06. The van der Waals surface area contributed by atoms with Crippen molar-refractivity contribution in [1.82, 2.24) is 4.98 Å². The molecule has 3 N–H and O–H groups in total. The zero-order valence-electron chi connectivity index (χ0n) is 16.2. The molecule has 0 fully saturated rings. The van der Waals surface area contributed by atoms with E-state index in [0.717, 1.165) is 23.5 Å². The number of aliphatic hydroxyl groups is 1. The summed E-state index contributed by atoms with van der Waals surface area (Å²) in [6, 6.07) is 14.4. The lowest BCUT2D eigenvalue weighted by atomic mass is 10.1. The van der Waals surface area contributed by atoms with Gasteiger partial charge in [0.15, 0.2) is 11.6 Å². The molecule has 32 heavy (non-hydrogen) atoms. The summed E-state index contributed by atoms with van der Waals surface area (Å²) in [5.41, 5.74) is 0.306. The first kappa shape index (κ1) is 21.9. The molecule has 10 heteroatoms. The summed E-state index contributed by atoms with van der Waals surface area (Å²) in [4.78, 5) is 4.72. The summed E-state index contributed by atoms with van der Waals surface area (Å²) in [6.07, 6.45) is 1.09. The first-order valence-electron chi connectivity index (χ1n) is 9.24. The van der Waals surface area contributed by atoms with Crippen molar-refractivity contribution < 1.29 is 27.4 Å². The normalized spacial score (nSPS) is 12.5. The number of nitrogens with zero attached hydrogens (tertiary/aromatic N) is 1. The predicted molar refractivity (Wildman–Crippen MR) is 117 cm³/mol. The van der Waals surface area contributed by atoms with Gasteiger partial charge in [0.2, 0.25) is 0 Å².